The molecule has 1 amide bonds. The first kappa shape index (κ1) is 21.4. The third-order valence-corrected chi connectivity index (χ3v) is 5.29. The minimum atomic E-state index is -1.75. The van der Waals surface area contributed by atoms with Crippen LogP contribution in [0.25, 0.3) is 0 Å². The Balaban J connectivity index is 1.80. The second-order valence-electron chi connectivity index (χ2n) is 7.87. The predicted octanol–water partition coefficient (Wildman–Crippen LogP) is 3.08. The van der Waals surface area contributed by atoms with Gasteiger partial charge in [0.1, 0.15) is 5.82 Å². The van der Waals surface area contributed by atoms with Crippen LogP contribution in [0.5, 0.6) is 0 Å². The molecule has 5 nitrogen and oxygen atoms in total. The highest BCUT2D eigenvalue weighted by molar-refractivity contribution is 6.62. The van der Waals surface area contributed by atoms with Crippen LogP contribution in [0.4, 0.5) is 18.9 Å². The van der Waals surface area contributed by atoms with Gasteiger partial charge in [-0.1, -0.05) is 18.2 Å². The zero-order valence-electron chi connectivity index (χ0n) is 16.4. The van der Waals surface area contributed by atoms with Crippen molar-refractivity contribution >= 4 is 24.2 Å². The molecule has 9 heteroatoms. The molecule has 0 aliphatic carbocycles. The Kier molecular flexibility index (Phi) is 5.51. The van der Waals surface area contributed by atoms with Crippen molar-refractivity contribution in [1.29, 1.82) is 0 Å². The van der Waals surface area contributed by atoms with Gasteiger partial charge >= 0.3 is 7.12 Å². The lowest BCUT2D eigenvalue weighted by molar-refractivity contribution is -0.124. The Labute approximate surface area is 167 Å². The molecule has 0 saturated carbocycles. The summed E-state index contributed by atoms with van der Waals surface area (Å²) in [5.41, 5.74) is -2.10. The van der Waals surface area contributed by atoms with Gasteiger partial charge in [-0.2, -0.15) is 0 Å². The number of rotatable bonds is 4. The van der Waals surface area contributed by atoms with Gasteiger partial charge in [-0.25, -0.2) is 13.2 Å². The maximum Gasteiger partial charge on any atom is 0.497 e. The normalized spacial score (nSPS) is 18.6. The summed E-state index contributed by atoms with van der Waals surface area (Å²) >= 11 is 0. The molecule has 1 atom stereocenters. The van der Waals surface area contributed by atoms with Gasteiger partial charge in [-0.15, -0.1) is 0 Å². The molecule has 3 rings (SSSR count). The number of anilines is 1. The number of hydrogen-bond acceptors (Lipinski definition) is 4. The van der Waals surface area contributed by atoms with Crippen LogP contribution in [0.15, 0.2) is 36.4 Å². The molecular formula is C20H21BF3NO4. The van der Waals surface area contributed by atoms with Crippen molar-refractivity contribution in [2.45, 2.75) is 45.0 Å². The van der Waals surface area contributed by atoms with E-state index in [0.29, 0.717) is 0 Å². The fraction of sp³-hybridized carbons (Fsp3) is 0.350. The van der Waals surface area contributed by atoms with E-state index in [-0.39, 0.29) is 11.0 Å². The van der Waals surface area contributed by atoms with E-state index in [2.05, 4.69) is 5.32 Å². The first-order valence-corrected chi connectivity index (χ1v) is 9.01. The Bertz CT molecular complexity index is 935. The highest BCUT2D eigenvalue weighted by Crippen LogP contribution is 2.37. The topological polar surface area (TPSA) is 67.8 Å². The van der Waals surface area contributed by atoms with Crippen LogP contribution in [-0.4, -0.2) is 29.3 Å². The number of aliphatic hydroxyl groups is 1. The predicted molar refractivity (Wildman–Crippen MR) is 102 cm³/mol. The van der Waals surface area contributed by atoms with Crippen molar-refractivity contribution in [3.8, 4) is 0 Å². The van der Waals surface area contributed by atoms with E-state index in [0.717, 1.165) is 18.2 Å². The molecule has 1 unspecified atom stereocenters. The van der Waals surface area contributed by atoms with E-state index in [1.807, 2.05) is 0 Å². The second kappa shape index (κ2) is 7.48. The number of aliphatic hydroxyl groups excluding tert-OH is 1. The Morgan fingerprint density at radius 2 is 1.66 bits per heavy atom. The molecule has 2 N–H and O–H groups in total. The number of nitrogens with one attached hydrogen (secondary N) is 1. The summed E-state index contributed by atoms with van der Waals surface area (Å²) in [6, 6.07) is 7.17. The van der Waals surface area contributed by atoms with Crippen LogP contribution in [0.2, 0.25) is 0 Å². The summed E-state index contributed by atoms with van der Waals surface area (Å²) in [6.07, 6.45) is -1.75. The summed E-state index contributed by atoms with van der Waals surface area (Å²) in [5.74, 6) is -4.23. The molecule has 2 aromatic rings. The van der Waals surface area contributed by atoms with Crippen LogP contribution < -0.4 is 10.8 Å². The number of carbonyl (C=O) groups excluding carboxylic acids is 1. The summed E-state index contributed by atoms with van der Waals surface area (Å²) < 4.78 is 53.9. The van der Waals surface area contributed by atoms with Crippen LogP contribution in [0.1, 0.15) is 39.4 Å². The molecule has 0 spiro atoms. The lowest BCUT2D eigenvalue weighted by Gasteiger charge is -2.32. The SMILES string of the molecule is CC1(C)OB(c2ccc(NC(=O)C(O)c3cccc(F)c3)c(F)c2F)OC1(C)C. The third-order valence-electron chi connectivity index (χ3n) is 5.29. The fourth-order valence-electron chi connectivity index (χ4n) is 2.84. The zero-order chi connectivity index (χ0) is 21.6. The van der Waals surface area contributed by atoms with Gasteiger partial charge in [0.2, 0.25) is 0 Å². The highest BCUT2D eigenvalue weighted by Gasteiger charge is 2.52. The van der Waals surface area contributed by atoms with Gasteiger partial charge < -0.3 is 19.7 Å². The Morgan fingerprint density at radius 3 is 2.24 bits per heavy atom. The summed E-state index contributed by atoms with van der Waals surface area (Å²) in [5, 5.41) is 12.2. The molecule has 0 aromatic heterocycles. The highest BCUT2D eigenvalue weighted by atomic mass is 19.2. The van der Waals surface area contributed by atoms with E-state index in [9.17, 15) is 23.1 Å². The minimum absolute atomic E-state index is 0.0165. The standard InChI is InChI=1S/C20H21BF3NO4/c1-19(2)20(3,4)29-21(28-19)13-8-9-14(16(24)15(13)23)25-18(27)17(26)11-6-5-7-12(22)10-11/h5-10,17,26H,1-4H3,(H,25,27). The molecule has 1 aliphatic heterocycles. The molecule has 0 bridgehead atoms. The summed E-state index contributed by atoms with van der Waals surface area (Å²) in [7, 11) is -1.11. The molecule has 0 radical (unpaired) electrons. The molecule has 1 aliphatic rings. The van der Waals surface area contributed by atoms with E-state index < -0.39 is 53.5 Å². The van der Waals surface area contributed by atoms with Crippen LogP contribution in [-0.2, 0) is 14.1 Å². The van der Waals surface area contributed by atoms with Gasteiger partial charge in [0.05, 0.1) is 16.9 Å². The maximum atomic E-state index is 14.6. The number of amides is 1. The van der Waals surface area contributed by atoms with Gasteiger partial charge in [-0.05, 0) is 51.5 Å². The van der Waals surface area contributed by atoms with E-state index in [4.69, 9.17) is 9.31 Å². The van der Waals surface area contributed by atoms with Crippen molar-refractivity contribution < 1.29 is 32.4 Å². The van der Waals surface area contributed by atoms with Crippen molar-refractivity contribution in [2.75, 3.05) is 5.32 Å². The molecular weight excluding hydrogens is 386 g/mol. The van der Waals surface area contributed by atoms with Gasteiger partial charge in [-0.3, -0.25) is 4.79 Å². The summed E-state index contributed by atoms with van der Waals surface area (Å²) in [4.78, 5) is 12.2. The number of carbonyl (C=O) groups is 1. The maximum absolute atomic E-state index is 14.6. The van der Waals surface area contributed by atoms with Crippen LogP contribution in [0, 0.1) is 17.5 Å². The van der Waals surface area contributed by atoms with Crippen molar-refractivity contribution in [1.82, 2.24) is 0 Å². The van der Waals surface area contributed by atoms with Crippen LogP contribution >= 0.6 is 0 Å². The summed E-state index contributed by atoms with van der Waals surface area (Å²) in [6.45, 7) is 7.13. The van der Waals surface area contributed by atoms with E-state index in [1.165, 1.54) is 18.2 Å². The Hall–Kier alpha value is -2.36. The first-order chi connectivity index (χ1) is 13.4. The van der Waals surface area contributed by atoms with Crippen molar-refractivity contribution in [2.24, 2.45) is 0 Å². The van der Waals surface area contributed by atoms with Gasteiger partial charge in [0.25, 0.3) is 5.91 Å². The minimum Gasteiger partial charge on any atom is -0.399 e. The zero-order valence-corrected chi connectivity index (χ0v) is 16.4. The lowest BCUT2D eigenvalue weighted by Crippen LogP contribution is -2.41. The first-order valence-electron chi connectivity index (χ1n) is 9.01. The largest absolute Gasteiger partial charge is 0.497 e. The van der Waals surface area contributed by atoms with Gasteiger partial charge in [0, 0.05) is 5.46 Å². The van der Waals surface area contributed by atoms with Crippen molar-refractivity contribution in [3.05, 3.63) is 59.4 Å². The molecule has 2 aromatic carbocycles. The van der Waals surface area contributed by atoms with E-state index in [1.54, 1.807) is 27.7 Å². The molecule has 1 fully saturated rings. The number of halogens is 3. The molecule has 1 heterocycles. The fourth-order valence-corrected chi connectivity index (χ4v) is 2.84. The number of benzene rings is 2. The molecule has 1 saturated heterocycles. The molecule has 29 heavy (non-hydrogen) atoms. The average molecular weight is 407 g/mol. The second-order valence-corrected chi connectivity index (χ2v) is 7.87. The smallest absolute Gasteiger partial charge is 0.399 e. The monoisotopic (exact) mass is 407 g/mol. The third kappa shape index (κ3) is 4.03. The Morgan fingerprint density at radius 1 is 1.03 bits per heavy atom. The lowest BCUT2D eigenvalue weighted by atomic mass is 9.78. The van der Waals surface area contributed by atoms with Crippen LogP contribution in [0.3, 0.4) is 0 Å². The quantitative estimate of drug-likeness (QED) is 0.765. The van der Waals surface area contributed by atoms with Crippen molar-refractivity contribution in [3.63, 3.8) is 0 Å². The number of hydrogen-bond donors (Lipinski definition) is 2. The van der Waals surface area contributed by atoms with Gasteiger partial charge in [0.15, 0.2) is 17.7 Å². The molecule has 154 valence electrons. The average Bonchev–Trinajstić information content (AvgIpc) is 2.85. The van der Waals surface area contributed by atoms with E-state index >= 15 is 0 Å².